The molecule has 1 aromatic rings. The lowest BCUT2D eigenvalue weighted by molar-refractivity contribution is 0.610. The molecule has 1 saturated carbocycles. The van der Waals surface area contributed by atoms with Crippen molar-refractivity contribution < 1.29 is 4.39 Å². The van der Waals surface area contributed by atoms with E-state index in [-0.39, 0.29) is 5.82 Å². The highest BCUT2D eigenvalue weighted by Crippen LogP contribution is 2.46. The van der Waals surface area contributed by atoms with E-state index in [9.17, 15) is 4.39 Å². The van der Waals surface area contributed by atoms with Crippen LogP contribution in [0.15, 0.2) is 12.1 Å². The average molecular weight is 202 g/mol. The number of aromatic nitrogens is 1. The first kappa shape index (κ1) is 8.72. The Bertz CT molecular complexity index is 439. The molecule has 2 aliphatic rings. The standard InChI is InChI=1S/C12H11FN2/c1-2-10-3-4-11(13)12(14-10)15-6-8-5-9(8)7-15/h1,3-4,8-9H,5-7H2. The summed E-state index contributed by atoms with van der Waals surface area (Å²) in [4.78, 5) is 6.15. The first-order chi connectivity index (χ1) is 7.28. The van der Waals surface area contributed by atoms with Gasteiger partial charge in [0.25, 0.3) is 0 Å². The van der Waals surface area contributed by atoms with Gasteiger partial charge in [0, 0.05) is 13.1 Å². The fourth-order valence-electron chi connectivity index (χ4n) is 2.30. The lowest BCUT2D eigenvalue weighted by Crippen LogP contribution is -2.24. The molecule has 76 valence electrons. The zero-order chi connectivity index (χ0) is 10.4. The van der Waals surface area contributed by atoms with E-state index in [1.165, 1.54) is 18.6 Å². The van der Waals surface area contributed by atoms with Crippen LogP contribution in [0.5, 0.6) is 0 Å². The summed E-state index contributed by atoms with van der Waals surface area (Å²) in [5.74, 6) is 4.13. The number of anilines is 1. The molecular formula is C12H11FN2. The lowest BCUT2D eigenvalue weighted by Gasteiger charge is -2.19. The smallest absolute Gasteiger partial charge is 0.166 e. The molecule has 1 aliphatic heterocycles. The minimum Gasteiger partial charge on any atom is -0.354 e. The van der Waals surface area contributed by atoms with Crippen LogP contribution in [0.25, 0.3) is 0 Å². The normalized spacial score (nSPS) is 27.3. The zero-order valence-electron chi connectivity index (χ0n) is 8.28. The Balaban J connectivity index is 1.93. The van der Waals surface area contributed by atoms with E-state index in [2.05, 4.69) is 10.9 Å². The van der Waals surface area contributed by atoms with Gasteiger partial charge < -0.3 is 4.90 Å². The fraction of sp³-hybridized carbons (Fsp3) is 0.417. The van der Waals surface area contributed by atoms with E-state index < -0.39 is 0 Å². The number of fused-ring (bicyclic) bond motifs is 1. The van der Waals surface area contributed by atoms with E-state index >= 15 is 0 Å². The predicted molar refractivity (Wildman–Crippen MR) is 55.9 cm³/mol. The van der Waals surface area contributed by atoms with Gasteiger partial charge in [-0.2, -0.15) is 0 Å². The molecule has 3 rings (SSSR count). The van der Waals surface area contributed by atoms with Crippen LogP contribution in [-0.2, 0) is 0 Å². The van der Waals surface area contributed by atoms with Crippen LogP contribution in [-0.4, -0.2) is 18.1 Å². The summed E-state index contributed by atoms with van der Waals surface area (Å²) in [7, 11) is 0. The van der Waals surface area contributed by atoms with Crippen molar-refractivity contribution in [3.05, 3.63) is 23.6 Å². The molecule has 2 fully saturated rings. The maximum absolute atomic E-state index is 13.5. The molecule has 0 N–H and O–H groups in total. The van der Waals surface area contributed by atoms with E-state index in [0.717, 1.165) is 24.9 Å². The number of hydrogen-bond acceptors (Lipinski definition) is 2. The highest BCUT2D eigenvalue weighted by Gasteiger charge is 2.45. The van der Waals surface area contributed by atoms with Gasteiger partial charge in [-0.15, -0.1) is 6.42 Å². The Labute approximate surface area is 88.1 Å². The predicted octanol–water partition coefficient (Wildman–Crippen LogP) is 1.66. The van der Waals surface area contributed by atoms with E-state index in [1.807, 2.05) is 4.90 Å². The number of halogens is 1. The number of rotatable bonds is 1. The Morgan fingerprint density at radius 1 is 1.40 bits per heavy atom. The van der Waals surface area contributed by atoms with Crippen LogP contribution in [0.1, 0.15) is 12.1 Å². The fourth-order valence-corrected chi connectivity index (χ4v) is 2.30. The van der Waals surface area contributed by atoms with Gasteiger partial charge in [0.2, 0.25) is 0 Å². The minimum atomic E-state index is -0.268. The second-order valence-corrected chi connectivity index (χ2v) is 4.31. The Morgan fingerprint density at radius 2 is 2.13 bits per heavy atom. The number of nitrogens with zero attached hydrogens (tertiary/aromatic N) is 2. The van der Waals surface area contributed by atoms with Crippen LogP contribution in [0, 0.1) is 30.0 Å². The Hall–Kier alpha value is -1.56. The summed E-state index contributed by atoms with van der Waals surface area (Å²) in [5, 5.41) is 0. The van der Waals surface area contributed by atoms with Crippen molar-refractivity contribution in [1.29, 1.82) is 0 Å². The van der Waals surface area contributed by atoms with Gasteiger partial charge in [0.05, 0.1) is 0 Å². The third-order valence-electron chi connectivity index (χ3n) is 3.25. The molecule has 2 atom stereocenters. The lowest BCUT2D eigenvalue weighted by atomic mass is 10.3. The van der Waals surface area contributed by atoms with Gasteiger partial charge in [-0.3, -0.25) is 0 Å². The maximum atomic E-state index is 13.5. The van der Waals surface area contributed by atoms with Gasteiger partial charge in [-0.05, 0) is 30.4 Å². The van der Waals surface area contributed by atoms with Gasteiger partial charge in [-0.25, -0.2) is 9.37 Å². The van der Waals surface area contributed by atoms with E-state index in [1.54, 1.807) is 0 Å². The molecule has 1 aliphatic carbocycles. The quantitative estimate of drug-likeness (QED) is 0.644. The first-order valence-electron chi connectivity index (χ1n) is 5.16. The van der Waals surface area contributed by atoms with E-state index in [4.69, 9.17) is 6.42 Å². The van der Waals surface area contributed by atoms with Crippen molar-refractivity contribution in [2.24, 2.45) is 11.8 Å². The number of hydrogen-bond donors (Lipinski definition) is 0. The molecule has 0 radical (unpaired) electrons. The van der Waals surface area contributed by atoms with Gasteiger partial charge in [0.1, 0.15) is 5.69 Å². The van der Waals surface area contributed by atoms with Crippen LogP contribution >= 0.6 is 0 Å². The number of pyridine rings is 1. The summed E-state index contributed by atoms with van der Waals surface area (Å²) in [6.45, 7) is 1.87. The molecule has 2 heterocycles. The van der Waals surface area contributed by atoms with Crippen LogP contribution < -0.4 is 4.90 Å². The molecule has 1 saturated heterocycles. The highest BCUT2D eigenvalue weighted by atomic mass is 19.1. The second kappa shape index (κ2) is 2.96. The molecule has 2 unspecified atom stereocenters. The summed E-state index contributed by atoms with van der Waals surface area (Å²) < 4.78 is 13.5. The Kier molecular flexibility index (Phi) is 1.72. The van der Waals surface area contributed by atoms with Crippen molar-refractivity contribution in [2.45, 2.75) is 6.42 Å². The molecule has 0 amide bonds. The largest absolute Gasteiger partial charge is 0.354 e. The van der Waals surface area contributed by atoms with Crippen molar-refractivity contribution in [1.82, 2.24) is 4.98 Å². The minimum absolute atomic E-state index is 0.268. The maximum Gasteiger partial charge on any atom is 0.166 e. The molecule has 3 heteroatoms. The molecule has 0 bridgehead atoms. The van der Waals surface area contributed by atoms with Crippen LogP contribution in [0.4, 0.5) is 10.2 Å². The van der Waals surface area contributed by atoms with Crippen molar-refractivity contribution >= 4 is 5.82 Å². The van der Waals surface area contributed by atoms with Gasteiger partial charge in [-0.1, -0.05) is 5.92 Å². The number of terminal acetylenes is 1. The van der Waals surface area contributed by atoms with Gasteiger partial charge >= 0.3 is 0 Å². The van der Waals surface area contributed by atoms with Crippen molar-refractivity contribution in [2.75, 3.05) is 18.0 Å². The van der Waals surface area contributed by atoms with E-state index in [0.29, 0.717) is 11.5 Å². The SMILES string of the molecule is C#Cc1ccc(F)c(N2CC3CC3C2)n1. The second-order valence-electron chi connectivity index (χ2n) is 4.31. The summed E-state index contributed by atoms with van der Waals surface area (Å²) in [5.41, 5.74) is 0.506. The third kappa shape index (κ3) is 1.37. The van der Waals surface area contributed by atoms with Crippen LogP contribution in [0.2, 0.25) is 0 Å². The molecule has 1 aromatic heterocycles. The van der Waals surface area contributed by atoms with Crippen molar-refractivity contribution in [3.63, 3.8) is 0 Å². The summed E-state index contributed by atoms with van der Waals surface area (Å²) in [6.07, 6.45) is 6.55. The molecule has 0 aromatic carbocycles. The third-order valence-corrected chi connectivity index (χ3v) is 3.25. The first-order valence-corrected chi connectivity index (χ1v) is 5.16. The summed E-state index contributed by atoms with van der Waals surface area (Å²) >= 11 is 0. The monoisotopic (exact) mass is 202 g/mol. The topological polar surface area (TPSA) is 16.1 Å². The molecule has 15 heavy (non-hydrogen) atoms. The summed E-state index contributed by atoms with van der Waals surface area (Å²) in [6, 6.07) is 2.94. The number of piperidine rings is 1. The average Bonchev–Trinajstić information content (AvgIpc) is 2.87. The van der Waals surface area contributed by atoms with Gasteiger partial charge in [0.15, 0.2) is 11.6 Å². The van der Waals surface area contributed by atoms with Crippen LogP contribution in [0.3, 0.4) is 0 Å². The van der Waals surface area contributed by atoms with Crippen molar-refractivity contribution in [3.8, 4) is 12.3 Å². The molecule has 0 spiro atoms. The Morgan fingerprint density at radius 3 is 2.80 bits per heavy atom. The molecule has 2 nitrogen and oxygen atoms in total. The highest BCUT2D eigenvalue weighted by molar-refractivity contribution is 5.46. The molecular weight excluding hydrogens is 191 g/mol. The zero-order valence-corrected chi connectivity index (χ0v) is 8.28.